The zero-order valence-corrected chi connectivity index (χ0v) is 17.3. The van der Waals surface area contributed by atoms with Crippen LogP contribution in [0.25, 0.3) is 11.5 Å². The first-order chi connectivity index (χ1) is 14.2. The molecule has 2 saturated heterocycles. The van der Waals surface area contributed by atoms with Crippen LogP contribution in [-0.4, -0.2) is 76.6 Å². The van der Waals surface area contributed by atoms with Gasteiger partial charge in [-0.05, 0) is 31.9 Å². The first-order valence-corrected chi connectivity index (χ1v) is 10.8. The SMILES string of the molecule is CC(c1nnc(-c2ccccc2)o1)N1CCN(CC(=O)N2CCCCCC2)CC1. The largest absolute Gasteiger partial charge is 0.419 e. The predicted molar refractivity (Wildman–Crippen MR) is 111 cm³/mol. The zero-order valence-electron chi connectivity index (χ0n) is 17.3. The zero-order chi connectivity index (χ0) is 20.1. The van der Waals surface area contributed by atoms with E-state index in [-0.39, 0.29) is 11.9 Å². The minimum absolute atomic E-state index is 0.0726. The van der Waals surface area contributed by atoms with Gasteiger partial charge in [0.1, 0.15) is 0 Å². The van der Waals surface area contributed by atoms with Crippen LogP contribution in [0.5, 0.6) is 0 Å². The molecule has 0 bridgehead atoms. The molecule has 1 aromatic carbocycles. The second-order valence-corrected chi connectivity index (χ2v) is 8.09. The molecular weight excluding hydrogens is 366 g/mol. The fourth-order valence-electron chi connectivity index (χ4n) is 4.18. The number of aromatic nitrogens is 2. The molecule has 2 fully saturated rings. The van der Waals surface area contributed by atoms with Gasteiger partial charge in [-0.15, -0.1) is 10.2 Å². The van der Waals surface area contributed by atoms with Crippen LogP contribution in [0, 0.1) is 0 Å². The van der Waals surface area contributed by atoms with Gasteiger partial charge in [0.2, 0.25) is 17.7 Å². The number of carbonyl (C=O) groups excluding carboxylic acids is 1. The van der Waals surface area contributed by atoms with Gasteiger partial charge in [-0.2, -0.15) is 0 Å². The molecule has 0 aliphatic carbocycles. The number of benzene rings is 1. The van der Waals surface area contributed by atoms with E-state index in [1.54, 1.807) is 0 Å². The van der Waals surface area contributed by atoms with E-state index in [9.17, 15) is 4.79 Å². The number of hydrogen-bond acceptors (Lipinski definition) is 6. The van der Waals surface area contributed by atoms with E-state index in [1.165, 1.54) is 12.8 Å². The molecule has 4 rings (SSSR count). The molecule has 7 nitrogen and oxygen atoms in total. The molecule has 2 aliphatic heterocycles. The summed E-state index contributed by atoms with van der Waals surface area (Å²) in [6.07, 6.45) is 4.79. The molecule has 1 atom stereocenters. The van der Waals surface area contributed by atoms with Crippen LogP contribution >= 0.6 is 0 Å². The fourth-order valence-corrected chi connectivity index (χ4v) is 4.18. The normalized spacial score (nSPS) is 20.4. The highest BCUT2D eigenvalue weighted by molar-refractivity contribution is 5.78. The van der Waals surface area contributed by atoms with Crippen LogP contribution in [-0.2, 0) is 4.79 Å². The highest BCUT2D eigenvalue weighted by atomic mass is 16.4. The van der Waals surface area contributed by atoms with Crippen molar-refractivity contribution < 1.29 is 9.21 Å². The van der Waals surface area contributed by atoms with E-state index >= 15 is 0 Å². The maximum Gasteiger partial charge on any atom is 0.247 e. The van der Waals surface area contributed by atoms with E-state index in [4.69, 9.17) is 4.42 Å². The summed E-state index contributed by atoms with van der Waals surface area (Å²) in [7, 11) is 0. The van der Waals surface area contributed by atoms with Crippen molar-refractivity contribution in [3.63, 3.8) is 0 Å². The Kier molecular flexibility index (Phi) is 6.56. The maximum atomic E-state index is 12.6. The second kappa shape index (κ2) is 9.50. The molecular formula is C22H31N5O2. The number of rotatable bonds is 5. The van der Waals surface area contributed by atoms with Crippen LogP contribution in [0.2, 0.25) is 0 Å². The summed E-state index contributed by atoms with van der Waals surface area (Å²) in [5, 5.41) is 8.48. The summed E-state index contributed by atoms with van der Waals surface area (Å²) in [5.41, 5.74) is 0.940. The topological polar surface area (TPSA) is 65.7 Å². The lowest BCUT2D eigenvalue weighted by atomic mass is 10.2. The number of carbonyl (C=O) groups is 1. The van der Waals surface area contributed by atoms with E-state index in [2.05, 4.69) is 31.8 Å². The summed E-state index contributed by atoms with van der Waals surface area (Å²) in [5.74, 6) is 1.50. The van der Waals surface area contributed by atoms with Gasteiger partial charge in [0.25, 0.3) is 0 Å². The van der Waals surface area contributed by atoms with E-state index < -0.39 is 0 Å². The Balaban J connectivity index is 1.28. The third kappa shape index (κ3) is 5.03. The molecule has 2 aliphatic rings. The Labute approximate surface area is 172 Å². The number of nitrogens with zero attached hydrogens (tertiary/aromatic N) is 5. The standard InChI is InChI=1S/C22H31N5O2/c1-18(21-23-24-22(29-21)19-9-5-4-6-10-19)26-15-13-25(14-16-26)17-20(28)27-11-7-2-3-8-12-27/h4-6,9-10,18H,2-3,7-8,11-17H2,1H3. The first kappa shape index (κ1) is 20.0. The molecule has 0 N–H and O–H groups in total. The third-order valence-electron chi connectivity index (χ3n) is 6.09. The third-order valence-corrected chi connectivity index (χ3v) is 6.09. The average molecular weight is 398 g/mol. The lowest BCUT2D eigenvalue weighted by Crippen LogP contribution is -2.50. The second-order valence-electron chi connectivity index (χ2n) is 8.09. The summed E-state index contributed by atoms with van der Waals surface area (Å²) < 4.78 is 5.93. The van der Waals surface area contributed by atoms with Crippen molar-refractivity contribution in [2.75, 3.05) is 45.8 Å². The number of likely N-dealkylation sites (tertiary alicyclic amines) is 1. The molecule has 1 aromatic heterocycles. The van der Waals surface area contributed by atoms with Gasteiger partial charge in [0.15, 0.2) is 0 Å². The Morgan fingerprint density at radius 2 is 1.66 bits per heavy atom. The minimum atomic E-state index is 0.0726. The van der Waals surface area contributed by atoms with Gasteiger partial charge in [0, 0.05) is 44.8 Å². The molecule has 1 unspecified atom stereocenters. The lowest BCUT2D eigenvalue weighted by molar-refractivity contribution is -0.132. The predicted octanol–water partition coefficient (Wildman–Crippen LogP) is 2.82. The average Bonchev–Trinajstić information content (AvgIpc) is 3.09. The van der Waals surface area contributed by atoms with Crippen LogP contribution in [0.15, 0.2) is 34.7 Å². The van der Waals surface area contributed by atoms with Crippen molar-refractivity contribution in [1.29, 1.82) is 0 Å². The highest BCUT2D eigenvalue weighted by Gasteiger charge is 2.27. The van der Waals surface area contributed by atoms with Crippen molar-refractivity contribution in [3.05, 3.63) is 36.2 Å². The number of amides is 1. The summed E-state index contributed by atoms with van der Waals surface area (Å²) >= 11 is 0. The molecule has 1 amide bonds. The van der Waals surface area contributed by atoms with Gasteiger partial charge in [-0.1, -0.05) is 31.0 Å². The molecule has 156 valence electrons. The monoisotopic (exact) mass is 397 g/mol. The van der Waals surface area contributed by atoms with Crippen molar-refractivity contribution in [2.45, 2.75) is 38.6 Å². The molecule has 3 heterocycles. The quantitative estimate of drug-likeness (QED) is 0.773. The molecule has 0 radical (unpaired) electrons. The summed E-state index contributed by atoms with van der Waals surface area (Å²) in [6, 6.07) is 9.93. The Morgan fingerprint density at radius 1 is 0.966 bits per heavy atom. The van der Waals surface area contributed by atoms with Gasteiger partial charge in [-0.25, -0.2) is 0 Å². The smallest absolute Gasteiger partial charge is 0.247 e. The van der Waals surface area contributed by atoms with Crippen LogP contribution < -0.4 is 0 Å². The van der Waals surface area contributed by atoms with Gasteiger partial charge in [-0.3, -0.25) is 14.6 Å². The van der Waals surface area contributed by atoms with Gasteiger partial charge < -0.3 is 9.32 Å². The van der Waals surface area contributed by atoms with Crippen LogP contribution in [0.3, 0.4) is 0 Å². The van der Waals surface area contributed by atoms with E-state index in [0.29, 0.717) is 18.3 Å². The lowest BCUT2D eigenvalue weighted by Gasteiger charge is -2.37. The fraction of sp³-hybridized carbons (Fsp3) is 0.591. The van der Waals surface area contributed by atoms with Gasteiger partial charge in [0.05, 0.1) is 12.6 Å². The Morgan fingerprint density at radius 3 is 2.34 bits per heavy atom. The maximum absolute atomic E-state index is 12.6. The molecule has 0 spiro atoms. The van der Waals surface area contributed by atoms with E-state index in [0.717, 1.165) is 57.7 Å². The molecule has 29 heavy (non-hydrogen) atoms. The molecule has 0 saturated carbocycles. The van der Waals surface area contributed by atoms with Crippen LogP contribution in [0.4, 0.5) is 0 Å². The summed E-state index contributed by atoms with van der Waals surface area (Å²) in [6.45, 7) is 8.09. The van der Waals surface area contributed by atoms with Gasteiger partial charge >= 0.3 is 0 Å². The Hall–Kier alpha value is -2.25. The molecule has 2 aromatic rings. The van der Waals surface area contributed by atoms with Crippen molar-refractivity contribution in [2.24, 2.45) is 0 Å². The number of hydrogen-bond donors (Lipinski definition) is 0. The van der Waals surface area contributed by atoms with Crippen LogP contribution in [0.1, 0.15) is 44.5 Å². The van der Waals surface area contributed by atoms with E-state index in [1.807, 2.05) is 30.3 Å². The van der Waals surface area contributed by atoms with Crippen molar-refractivity contribution in [3.8, 4) is 11.5 Å². The Bertz CT molecular complexity index is 778. The first-order valence-electron chi connectivity index (χ1n) is 10.8. The summed E-state index contributed by atoms with van der Waals surface area (Å²) in [4.78, 5) is 19.3. The van der Waals surface area contributed by atoms with Crippen molar-refractivity contribution >= 4 is 5.91 Å². The number of piperazine rings is 1. The minimum Gasteiger partial charge on any atom is -0.419 e. The van der Waals surface area contributed by atoms with Crippen molar-refractivity contribution in [1.82, 2.24) is 24.9 Å². The highest BCUT2D eigenvalue weighted by Crippen LogP contribution is 2.24. The molecule has 7 heteroatoms.